The van der Waals surface area contributed by atoms with Gasteiger partial charge in [-0.3, -0.25) is 4.79 Å². The van der Waals surface area contributed by atoms with Crippen molar-refractivity contribution in [3.05, 3.63) is 35.9 Å². The molecule has 0 saturated heterocycles. The van der Waals surface area contributed by atoms with Crippen molar-refractivity contribution in [1.29, 1.82) is 0 Å². The zero-order valence-electron chi connectivity index (χ0n) is 10.7. The third kappa shape index (κ3) is 3.49. The lowest BCUT2D eigenvalue weighted by molar-refractivity contribution is -0.121. The van der Waals surface area contributed by atoms with E-state index in [9.17, 15) is 4.79 Å². The van der Waals surface area contributed by atoms with Crippen LogP contribution in [0.25, 0.3) is 0 Å². The lowest BCUT2D eigenvalue weighted by Gasteiger charge is -2.28. The molecule has 1 saturated carbocycles. The van der Waals surface area contributed by atoms with Gasteiger partial charge < -0.3 is 5.32 Å². The van der Waals surface area contributed by atoms with Crippen LogP contribution in [0.1, 0.15) is 43.5 Å². The summed E-state index contributed by atoms with van der Waals surface area (Å²) < 4.78 is 0. The van der Waals surface area contributed by atoms with E-state index in [0.29, 0.717) is 12.0 Å². The number of rotatable bonds is 3. The third-order valence-corrected chi connectivity index (χ3v) is 4.06. The zero-order valence-corrected chi connectivity index (χ0v) is 11.5. The van der Waals surface area contributed by atoms with Gasteiger partial charge in [-0.2, -0.15) is 0 Å². The van der Waals surface area contributed by atoms with Gasteiger partial charge in [-0.15, -0.1) is 11.6 Å². The largest absolute Gasteiger partial charge is 0.352 e. The van der Waals surface area contributed by atoms with Gasteiger partial charge in [0.2, 0.25) is 5.91 Å². The number of benzene rings is 1. The van der Waals surface area contributed by atoms with Crippen molar-refractivity contribution in [2.24, 2.45) is 5.92 Å². The first kappa shape index (κ1) is 13.4. The summed E-state index contributed by atoms with van der Waals surface area (Å²) in [6, 6.07) is 9.81. The SMILES string of the molecule is CC1CCCC(NC(=O)C(Cl)c2ccccc2)C1. The molecule has 18 heavy (non-hydrogen) atoms. The van der Waals surface area contributed by atoms with Gasteiger partial charge in [0, 0.05) is 6.04 Å². The molecule has 1 aromatic rings. The standard InChI is InChI=1S/C15H20ClNO/c1-11-6-5-9-13(10-11)17-15(18)14(16)12-7-3-2-4-8-12/h2-4,7-8,11,13-14H,5-6,9-10H2,1H3,(H,17,18). The van der Waals surface area contributed by atoms with Gasteiger partial charge in [0.1, 0.15) is 5.38 Å². The van der Waals surface area contributed by atoms with Crippen molar-refractivity contribution in [2.75, 3.05) is 0 Å². The van der Waals surface area contributed by atoms with E-state index in [2.05, 4.69) is 12.2 Å². The molecule has 1 aliphatic rings. The van der Waals surface area contributed by atoms with E-state index >= 15 is 0 Å². The second-order valence-electron chi connectivity index (χ2n) is 5.25. The number of hydrogen-bond acceptors (Lipinski definition) is 1. The summed E-state index contributed by atoms with van der Waals surface area (Å²) >= 11 is 6.20. The van der Waals surface area contributed by atoms with Crippen LogP contribution >= 0.6 is 11.6 Å². The first-order valence-corrected chi connectivity index (χ1v) is 7.10. The minimum absolute atomic E-state index is 0.0676. The number of carbonyl (C=O) groups is 1. The van der Waals surface area contributed by atoms with Crippen LogP contribution in [-0.2, 0) is 4.79 Å². The maximum absolute atomic E-state index is 12.1. The van der Waals surface area contributed by atoms with Crippen LogP contribution in [0.5, 0.6) is 0 Å². The summed E-state index contributed by atoms with van der Waals surface area (Å²) in [6.07, 6.45) is 4.62. The monoisotopic (exact) mass is 265 g/mol. The van der Waals surface area contributed by atoms with Crippen molar-refractivity contribution >= 4 is 17.5 Å². The molecular weight excluding hydrogens is 246 g/mol. The molecule has 0 aliphatic heterocycles. The maximum atomic E-state index is 12.1. The molecule has 0 aromatic heterocycles. The Kier molecular flexibility index (Phi) is 4.65. The van der Waals surface area contributed by atoms with Crippen molar-refractivity contribution in [3.8, 4) is 0 Å². The van der Waals surface area contributed by atoms with Gasteiger partial charge in [-0.05, 0) is 24.3 Å². The predicted octanol–water partition coefficient (Wildman–Crippen LogP) is 3.66. The van der Waals surface area contributed by atoms with E-state index in [0.717, 1.165) is 18.4 Å². The van der Waals surface area contributed by atoms with Crippen molar-refractivity contribution in [1.82, 2.24) is 5.32 Å². The highest BCUT2D eigenvalue weighted by Gasteiger charge is 2.24. The molecule has 1 aromatic carbocycles. The molecule has 1 fully saturated rings. The molecule has 3 unspecified atom stereocenters. The van der Waals surface area contributed by atoms with E-state index in [1.54, 1.807) is 0 Å². The second-order valence-corrected chi connectivity index (χ2v) is 5.69. The van der Waals surface area contributed by atoms with Crippen LogP contribution in [0.2, 0.25) is 0 Å². The van der Waals surface area contributed by atoms with Gasteiger partial charge in [-0.25, -0.2) is 0 Å². The predicted molar refractivity (Wildman–Crippen MR) is 74.6 cm³/mol. The lowest BCUT2D eigenvalue weighted by atomic mass is 9.87. The van der Waals surface area contributed by atoms with E-state index in [-0.39, 0.29) is 5.91 Å². The van der Waals surface area contributed by atoms with Crippen LogP contribution in [0.15, 0.2) is 30.3 Å². The van der Waals surface area contributed by atoms with Crippen LogP contribution in [0, 0.1) is 5.92 Å². The fourth-order valence-electron chi connectivity index (χ4n) is 2.61. The minimum atomic E-state index is -0.580. The molecule has 1 aliphatic carbocycles. The molecule has 0 radical (unpaired) electrons. The number of hydrogen-bond donors (Lipinski definition) is 1. The van der Waals surface area contributed by atoms with Crippen molar-refractivity contribution < 1.29 is 4.79 Å². The molecule has 2 nitrogen and oxygen atoms in total. The zero-order chi connectivity index (χ0) is 13.0. The van der Waals surface area contributed by atoms with Crippen LogP contribution in [-0.4, -0.2) is 11.9 Å². The summed E-state index contributed by atoms with van der Waals surface area (Å²) in [5.74, 6) is 0.636. The molecular formula is C15H20ClNO. The number of carbonyl (C=O) groups excluding carboxylic acids is 1. The van der Waals surface area contributed by atoms with E-state index in [1.165, 1.54) is 12.8 Å². The minimum Gasteiger partial charge on any atom is -0.352 e. The summed E-state index contributed by atoms with van der Waals surface area (Å²) in [6.45, 7) is 2.24. The Morgan fingerprint density at radius 1 is 1.33 bits per heavy atom. The molecule has 0 heterocycles. The van der Waals surface area contributed by atoms with Gasteiger partial charge in [0.05, 0.1) is 0 Å². The van der Waals surface area contributed by atoms with E-state index in [1.807, 2.05) is 30.3 Å². The highest BCUT2D eigenvalue weighted by Crippen LogP contribution is 2.25. The Bertz CT molecular complexity index is 393. The van der Waals surface area contributed by atoms with Gasteiger partial charge in [0.25, 0.3) is 0 Å². The fraction of sp³-hybridized carbons (Fsp3) is 0.533. The van der Waals surface area contributed by atoms with E-state index in [4.69, 9.17) is 11.6 Å². The first-order valence-electron chi connectivity index (χ1n) is 6.66. The Morgan fingerprint density at radius 3 is 2.72 bits per heavy atom. The van der Waals surface area contributed by atoms with Crippen LogP contribution in [0.3, 0.4) is 0 Å². The quantitative estimate of drug-likeness (QED) is 0.831. The Labute approximate surface area is 114 Å². The number of amides is 1. The van der Waals surface area contributed by atoms with Crippen molar-refractivity contribution in [2.45, 2.75) is 44.0 Å². The van der Waals surface area contributed by atoms with Crippen LogP contribution < -0.4 is 5.32 Å². The Hall–Kier alpha value is -1.02. The summed E-state index contributed by atoms with van der Waals surface area (Å²) in [5.41, 5.74) is 0.862. The first-order chi connectivity index (χ1) is 8.66. The Morgan fingerprint density at radius 2 is 2.06 bits per heavy atom. The smallest absolute Gasteiger partial charge is 0.242 e. The van der Waals surface area contributed by atoms with Crippen LogP contribution in [0.4, 0.5) is 0 Å². The van der Waals surface area contributed by atoms with Gasteiger partial charge in [-0.1, -0.05) is 50.1 Å². The average molecular weight is 266 g/mol. The maximum Gasteiger partial charge on any atom is 0.242 e. The molecule has 0 spiro atoms. The molecule has 3 heteroatoms. The van der Waals surface area contributed by atoms with Crippen molar-refractivity contribution in [3.63, 3.8) is 0 Å². The number of alkyl halides is 1. The van der Waals surface area contributed by atoms with E-state index < -0.39 is 5.38 Å². The topological polar surface area (TPSA) is 29.1 Å². The molecule has 0 bridgehead atoms. The summed E-state index contributed by atoms with van der Waals surface area (Å²) in [4.78, 5) is 12.1. The van der Waals surface area contributed by atoms with Gasteiger partial charge >= 0.3 is 0 Å². The molecule has 3 atom stereocenters. The third-order valence-electron chi connectivity index (χ3n) is 3.61. The highest BCUT2D eigenvalue weighted by atomic mass is 35.5. The molecule has 98 valence electrons. The lowest BCUT2D eigenvalue weighted by Crippen LogP contribution is -2.39. The normalized spacial score (nSPS) is 25.4. The average Bonchev–Trinajstić information content (AvgIpc) is 2.39. The number of halogens is 1. The highest BCUT2D eigenvalue weighted by molar-refractivity contribution is 6.30. The second kappa shape index (κ2) is 6.24. The number of nitrogens with one attached hydrogen (secondary N) is 1. The fourth-order valence-corrected chi connectivity index (χ4v) is 2.82. The van der Waals surface area contributed by atoms with Gasteiger partial charge in [0.15, 0.2) is 0 Å². The molecule has 2 rings (SSSR count). The summed E-state index contributed by atoms with van der Waals surface area (Å²) in [5, 5.41) is 2.50. The summed E-state index contributed by atoms with van der Waals surface area (Å²) in [7, 11) is 0. The molecule has 1 N–H and O–H groups in total. The molecule has 1 amide bonds. The Balaban J connectivity index is 1.91.